The van der Waals surface area contributed by atoms with Gasteiger partial charge in [-0.1, -0.05) is 58.2 Å². The number of nitrogens with one attached hydrogen (secondary N) is 1. The van der Waals surface area contributed by atoms with Crippen molar-refractivity contribution in [3.05, 3.63) is 34.9 Å². The van der Waals surface area contributed by atoms with Gasteiger partial charge >= 0.3 is 0 Å². The molecule has 20 heavy (non-hydrogen) atoms. The van der Waals surface area contributed by atoms with Crippen molar-refractivity contribution in [2.45, 2.75) is 71.8 Å². The smallest absolute Gasteiger partial charge is 0.0348 e. The first-order chi connectivity index (χ1) is 9.80. The minimum atomic E-state index is 0.544. The molecule has 0 fully saturated rings. The molecule has 0 heterocycles. The van der Waals surface area contributed by atoms with Gasteiger partial charge < -0.3 is 5.32 Å². The van der Waals surface area contributed by atoms with Gasteiger partial charge in [-0.05, 0) is 54.8 Å². The fourth-order valence-corrected chi connectivity index (χ4v) is 3.63. The molecule has 2 unspecified atom stereocenters. The van der Waals surface area contributed by atoms with E-state index in [9.17, 15) is 0 Å². The van der Waals surface area contributed by atoms with Gasteiger partial charge in [0.1, 0.15) is 0 Å². The molecule has 0 saturated carbocycles. The van der Waals surface area contributed by atoms with Crippen LogP contribution in [0.25, 0.3) is 0 Å². The Hall–Kier alpha value is -0.820. The van der Waals surface area contributed by atoms with Gasteiger partial charge in [-0.2, -0.15) is 0 Å². The Bertz CT molecular complexity index is 410. The second kappa shape index (κ2) is 7.83. The number of hydrogen-bond donors (Lipinski definition) is 1. The van der Waals surface area contributed by atoms with E-state index in [1.54, 1.807) is 11.1 Å². The molecule has 0 aliphatic heterocycles. The molecule has 0 radical (unpaired) electrons. The molecule has 1 aliphatic rings. The van der Waals surface area contributed by atoms with E-state index in [-0.39, 0.29) is 0 Å². The molecule has 1 heteroatoms. The van der Waals surface area contributed by atoms with Crippen molar-refractivity contribution < 1.29 is 0 Å². The summed E-state index contributed by atoms with van der Waals surface area (Å²) in [6.45, 7) is 7.93. The summed E-state index contributed by atoms with van der Waals surface area (Å²) < 4.78 is 0. The Balaban J connectivity index is 2.18. The van der Waals surface area contributed by atoms with Crippen molar-refractivity contribution in [1.82, 2.24) is 5.32 Å². The largest absolute Gasteiger partial charge is 0.310 e. The monoisotopic (exact) mass is 273 g/mol. The van der Waals surface area contributed by atoms with Crippen LogP contribution in [0.1, 0.15) is 75.6 Å². The Morgan fingerprint density at radius 3 is 2.60 bits per heavy atom. The number of benzene rings is 1. The fourth-order valence-electron chi connectivity index (χ4n) is 3.63. The molecule has 0 aromatic heterocycles. The number of aryl methyl sites for hydroxylation is 2. The van der Waals surface area contributed by atoms with Crippen LogP contribution in [0, 0.1) is 5.92 Å². The predicted octanol–water partition coefficient (Wildman–Crippen LogP) is 5.04. The molecule has 1 N–H and O–H groups in total. The molecule has 0 spiro atoms. The van der Waals surface area contributed by atoms with Crippen LogP contribution in [0.5, 0.6) is 0 Å². The highest BCUT2D eigenvalue weighted by atomic mass is 14.9. The minimum Gasteiger partial charge on any atom is -0.310 e. The maximum Gasteiger partial charge on any atom is 0.0348 e. The third-order valence-corrected chi connectivity index (χ3v) is 4.83. The summed E-state index contributed by atoms with van der Waals surface area (Å²) in [6.07, 6.45) is 9.20. The third kappa shape index (κ3) is 3.63. The van der Waals surface area contributed by atoms with Crippen LogP contribution in [-0.4, -0.2) is 6.54 Å². The van der Waals surface area contributed by atoms with Crippen molar-refractivity contribution in [1.29, 1.82) is 0 Å². The van der Waals surface area contributed by atoms with Crippen molar-refractivity contribution >= 4 is 0 Å². The van der Waals surface area contributed by atoms with E-state index in [1.807, 2.05) is 0 Å². The summed E-state index contributed by atoms with van der Waals surface area (Å²) in [5.74, 6) is 0.773. The molecular weight excluding hydrogens is 242 g/mol. The molecule has 1 aromatic carbocycles. The second-order valence-corrected chi connectivity index (χ2v) is 6.23. The predicted molar refractivity (Wildman–Crippen MR) is 88.2 cm³/mol. The van der Waals surface area contributed by atoms with Gasteiger partial charge in [-0.3, -0.25) is 0 Å². The zero-order valence-electron chi connectivity index (χ0n) is 13.5. The van der Waals surface area contributed by atoms with Crippen LogP contribution in [-0.2, 0) is 12.8 Å². The first-order valence-electron chi connectivity index (χ1n) is 8.65. The lowest BCUT2D eigenvalue weighted by molar-refractivity contribution is 0.327. The van der Waals surface area contributed by atoms with Crippen LogP contribution in [0.4, 0.5) is 0 Å². The lowest BCUT2D eigenvalue weighted by atomic mass is 9.86. The van der Waals surface area contributed by atoms with Crippen molar-refractivity contribution in [2.75, 3.05) is 6.54 Å². The van der Waals surface area contributed by atoms with Gasteiger partial charge in [0.15, 0.2) is 0 Å². The van der Waals surface area contributed by atoms with E-state index in [2.05, 4.69) is 44.3 Å². The van der Waals surface area contributed by atoms with E-state index in [0.29, 0.717) is 6.04 Å². The zero-order chi connectivity index (χ0) is 14.4. The lowest BCUT2D eigenvalue weighted by Crippen LogP contribution is -2.28. The van der Waals surface area contributed by atoms with Crippen molar-refractivity contribution in [2.24, 2.45) is 5.92 Å². The Morgan fingerprint density at radius 2 is 1.90 bits per heavy atom. The van der Waals surface area contributed by atoms with Crippen LogP contribution in [0.15, 0.2) is 18.2 Å². The van der Waals surface area contributed by atoms with Gasteiger partial charge in [0, 0.05) is 6.04 Å². The molecule has 0 bridgehead atoms. The van der Waals surface area contributed by atoms with E-state index in [1.165, 1.54) is 50.5 Å². The number of rotatable bonds is 8. The minimum absolute atomic E-state index is 0.544. The van der Waals surface area contributed by atoms with Gasteiger partial charge in [0.05, 0.1) is 0 Å². The molecule has 1 aromatic rings. The molecule has 1 nitrogen and oxygen atoms in total. The summed E-state index contributed by atoms with van der Waals surface area (Å²) in [5, 5.41) is 3.75. The summed E-state index contributed by atoms with van der Waals surface area (Å²) >= 11 is 0. The lowest BCUT2D eigenvalue weighted by Gasteiger charge is -2.28. The van der Waals surface area contributed by atoms with Gasteiger partial charge in [-0.15, -0.1) is 0 Å². The van der Waals surface area contributed by atoms with Crippen LogP contribution in [0.3, 0.4) is 0 Å². The third-order valence-electron chi connectivity index (χ3n) is 4.83. The Morgan fingerprint density at radius 1 is 1.10 bits per heavy atom. The molecule has 0 saturated heterocycles. The molecular formula is C19H31N. The number of unbranched alkanes of at least 4 members (excludes halogenated alkanes) is 1. The van der Waals surface area contributed by atoms with E-state index >= 15 is 0 Å². The first-order valence-corrected chi connectivity index (χ1v) is 8.65. The average molecular weight is 273 g/mol. The van der Waals surface area contributed by atoms with Gasteiger partial charge in [-0.25, -0.2) is 0 Å². The summed E-state index contributed by atoms with van der Waals surface area (Å²) in [5.41, 5.74) is 4.72. The summed E-state index contributed by atoms with van der Waals surface area (Å²) in [7, 11) is 0. The molecule has 0 amide bonds. The topological polar surface area (TPSA) is 12.0 Å². The zero-order valence-corrected chi connectivity index (χ0v) is 13.5. The summed E-state index contributed by atoms with van der Waals surface area (Å²) in [6, 6.07) is 7.80. The number of fused-ring (bicyclic) bond motifs is 1. The van der Waals surface area contributed by atoms with Crippen molar-refractivity contribution in [3.8, 4) is 0 Å². The average Bonchev–Trinajstić information content (AvgIpc) is 2.94. The Labute approximate surface area is 125 Å². The maximum atomic E-state index is 3.75. The summed E-state index contributed by atoms with van der Waals surface area (Å²) in [4.78, 5) is 0. The maximum absolute atomic E-state index is 3.75. The number of hydrogen-bond acceptors (Lipinski definition) is 1. The highest BCUT2D eigenvalue weighted by Gasteiger charge is 2.22. The van der Waals surface area contributed by atoms with E-state index in [0.717, 1.165) is 12.5 Å². The van der Waals surface area contributed by atoms with Crippen molar-refractivity contribution in [3.63, 3.8) is 0 Å². The Kier molecular flexibility index (Phi) is 6.09. The fraction of sp³-hybridized carbons (Fsp3) is 0.684. The normalized spacial score (nSPS) is 16.9. The van der Waals surface area contributed by atoms with Crippen LogP contribution < -0.4 is 5.32 Å². The van der Waals surface area contributed by atoms with Crippen LogP contribution >= 0.6 is 0 Å². The highest BCUT2D eigenvalue weighted by Crippen LogP contribution is 2.32. The first kappa shape index (κ1) is 15.6. The van der Waals surface area contributed by atoms with Gasteiger partial charge in [0.2, 0.25) is 0 Å². The van der Waals surface area contributed by atoms with E-state index < -0.39 is 0 Å². The SMILES string of the molecule is CCCCC(CC)C(NCC)c1ccc2c(c1)CCC2. The molecule has 112 valence electrons. The standard InChI is InChI=1S/C19H31N/c1-4-7-9-15(5-2)19(20-6-3)18-13-12-16-10-8-11-17(16)14-18/h12-15,19-20H,4-11H2,1-3H3. The quantitative estimate of drug-likeness (QED) is 0.699. The molecule has 2 atom stereocenters. The van der Waals surface area contributed by atoms with Crippen LogP contribution in [0.2, 0.25) is 0 Å². The molecule has 2 rings (SSSR count). The second-order valence-electron chi connectivity index (χ2n) is 6.23. The van der Waals surface area contributed by atoms with Gasteiger partial charge in [0.25, 0.3) is 0 Å². The highest BCUT2D eigenvalue weighted by molar-refractivity contribution is 5.36. The van der Waals surface area contributed by atoms with E-state index in [4.69, 9.17) is 0 Å². The molecule has 1 aliphatic carbocycles.